The molecule has 1 aliphatic rings. The van der Waals surface area contributed by atoms with Gasteiger partial charge in [-0.25, -0.2) is 0 Å². The molecule has 0 aromatic heterocycles. The second kappa shape index (κ2) is 5.01. The molecule has 1 aliphatic carbocycles. The van der Waals surface area contributed by atoms with E-state index in [1.54, 1.807) is 0 Å². The fourth-order valence-corrected chi connectivity index (χ4v) is 3.48. The summed E-state index contributed by atoms with van der Waals surface area (Å²) in [6.07, 6.45) is 5.29. The molecule has 2 heteroatoms. The van der Waals surface area contributed by atoms with Crippen LogP contribution in [0.2, 0.25) is 0 Å². The van der Waals surface area contributed by atoms with Crippen molar-refractivity contribution in [1.82, 2.24) is 0 Å². The lowest BCUT2D eigenvalue weighted by Crippen LogP contribution is -2.31. The molecule has 1 fully saturated rings. The maximum Gasteiger partial charge on any atom is 0.0356 e. The van der Waals surface area contributed by atoms with Crippen molar-refractivity contribution in [3.05, 3.63) is 28.2 Å². The van der Waals surface area contributed by atoms with E-state index in [1.165, 1.54) is 36.9 Å². The zero-order valence-electron chi connectivity index (χ0n) is 11.0. The normalized spacial score (nSPS) is 23.4. The topological polar surface area (TPSA) is 12.0 Å². The van der Waals surface area contributed by atoms with Crippen molar-refractivity contribution in [2.45, 2.75) is 52.5 Å². The van der Waals surface area contributed by atoms with Gasteiger partial charge >= 0.3 is 0 Å². The van der Waals surface area contributed by atoms with E-state index in [9.17, 15) is 0 Å². The van der Waals surface area contributed by atoms with E-state index in [0.717, 1.165) is 4.47 Å². The molecule has 1 N–H and O–H groups in total. The van der Waals surface area contributed by atoms with Crippen molar-refractivity contribution in [1.29, 1.82) is 0 Å². The summed E-state index contributed by atoms with van der Waals surface area (Å²) in [6, 6.07) is 7.18. The predicted octanol–water partition coefficient (Wildman–Crippen LogP) is 5.14. The summed E-state index contributed by atoms with van der Waals surface area (Å²) in [4.78, 5) is 0. The van der Waals surface area contributed by atoms with E-state index in [1.807, 2.05) is 0 Å². The number of anilines is 1. The summed E-state index contributed by atoms with van der Waals surface area (Å²) in [5, 5.41) is 3.69. The summed E-state index contributed by atoms with van der Waals surface area (Å²) in [5.74, 6) is 0. The van der Waals surface area contributed by atoms with Crippen molar-refractivity contribution in [3.63, 3.8) is 0 Å². The van der Waals surface area contributed by atoms with Gasteiger partial charge in [-0.15, -0.1) is 0 Å². The summed E-state index contributed by atoms with van der Waals surface area (Å²) >= 11 is 3.56. The van der Waals surface area contributed by atoms with Gasteiger partial charge in [0.2, 0.25) is 0 Å². The molecule has 1 atom stereocenters. The molecule has 94 valence electrons. The van der Waals surface area contributed by atoms with Crippen LogP contribution in [-0.4, -0.2) is 6.04 Å². The minimum Gasteiger partial charge on any atom is -0.382 e. The highest BCUT2D eigenvalue weighted by Crippen LogP contribution is 2.36. The van der Waals surface area contributed by atoms with E-state index >= 15 is 0 Å². The molecule has 0 radical (unpaired) electrons. The van der Waals surface area contributed by atoms with Gasteiger partial charge in [0.25, 0.3) is 0 Å². The maximum atomic E-state index is 3.69. The predicted molar refractivity (Wildman–Crippen MR) is 78.5 cm³/mol. The van der Waals surface area contributed by atoms with Gasteiger partial charge in [0.05, 0.1) is 0 Å². The van der Waals surface area contributed by atoms with Crippen LogP contribution in [-0.2, 0) is 0 Å². The van der Waals surface area contributed by atoms with E-state index < -0.39 is 0 Å². The first-order valence-electron chi connectivity index (χ1n) is 6.48. The molecule has 2 rings (SSSR count). The average molecular weight is 296 g/mol. The Morgan fingerprint density at radius 2 is 2.06 bits per heavy atom. The Labute approximate surface area is 113 Å². The van der Waals surface area contributed by atoms with Gasteiger partial charge in [0.15, 0.2) is 0 Å². The van der Waals surface area contributed by atoms with Crippen molar-refractivity contribution in [2.75, 3.05) is 5.32 Å². The number of nitrogens with one attached hydrogen (secondary N) is 1. The van der Waals surface area contributed by atoms with Crippen LogP contribution < -0.4 is 5.32 Å². The van der Waals surface area contributed by atoms with Gasteiger partial charge in [0, 0.05) is 16.2 Å². The highest BCUT2D eigenvalue weighted by atomic mass is 79.9. The van der Waals surface area contributed by atoms with Crippen LogP contribution in [0.3, 0.4) is 0 Å². The van der Waals surface area contributed by atoms with E-state index in [0.29, 0.717) is 11.5 Å². The lowest BCUT2D eigenvalue weighted by molar-refractivity contribution is 0.229. The van der Waals surface area contributed by atoms with Crippen LogP contribution in [0, 0.1) is 12.3 Å². The standard InChI is InChI=1S/C15H22BrN/c1-11-7-12(16)9-14(8-11)17-13-5-4-6-15(2,3)10-13/h7-9,13,17H,4-6,10H2,1-3H3. The van der Waals surface area contributed by atoms with Crippen LogP contribution in [0.15, 0.2) is 22.7 Å². The molecule has 1 aromatic carbocycles. The van der Waals surface area contributed by atoms with Gasteiger partial charge < -0.3 is 5.32 Å². The number of hydrogen-bond acceptors (Lipinski definition) is 1. The highest BCUT2D eigenvalue weighted by molar-refractivity contribution is 9.10. The van der Waals surface area contributed by atoms with Gasteiger partial charge in [-0.3, -0.25) is 0 Å². The summed E-state index contributed by atoms with van der Waals surface area (Å²) in [6.45, 7) is 6.90. The fraction of sp³-hybridized carbons (Fsp3) is 0.600. The molecule has 1 saturated carbocycles. The van der Waals surface area contributed by atoms with E-state index in [4.69, 9.17) is 0 Å². The van der Waals surface area contributed by atoms with Crippen LogP contribution in [0.5, 0.6) is 0 Å². The molecule has 0 aliphatic heterocycles. The third-order valence-electron chi connectivity index (χ3n) is 3.62. The van der Waals surface area contributed by atoms with Gasteiger partial charge in [-0.2, -0.15) is 0 Å². The molecule has 0 saturated heterocycles. The number of rotatable bonds is 2. The molecule has 1 nitrogen and oxygen atoms in total. The largest absolute Gasteiger partial charge is 0.382 e. The third-order valence-corrected chi connectivity index (χ3v) is 4.08. The molecular formula is C15H22BrN. The van der Waals surface area contributed by atoms with Crippen LogP contribution in [0.1, 0.15) is 45.1 Å². The Morgan fingerprint density at radius 3 is 2.71 bits per heavy atom. The molecule has 1 unspecified atom stereocenters. The first kappa shape index (κ1) is 12.9. The highest BCUT2D eigenvalue weighted by Gasteiger charge is 2.27. The van der Waals surface area contributed by atoms with Crippen molar-refractivity contribution in [3.8, 4) is 0 Å². The first-order valence-corrected chi connectivity index (χ1v) is 7.28. The van der Waals surface area contributed by atoms with Crippen LogP contribution in [0.4, 0.5) is 5.69 Å². The summed E-state index contributed by atoms with van der Waals surface area (Å²) in [5.41, 5.74) is 3.05. The number of hydrogen-bond donors (Lipinski definition) is 1. The quantitative estimate of drug-likeness (QED) is 0.797. The van der Waals surface area contributed by atoms with Gasteiger partial charge in [0.1, 0.15) is 0 Å². The third kappa shape index (κ3) is 3.74. The number of aryl methyl sites for hydroxylation is 1. The summed E-state index contributed by atoms with van der Waals surface area (Å²) in [7, 11) is 0. The number of halogens is 1. The lowest BCUT2D eigenvalue weighted by atomic mass is 9.75. The molecule has 0 heterocycles. The van der Waals surface area contributed by atoms with Crippen LogP contribution in [0.25, 0.3) is 0 Å². The summed E-state index contributed by atoms with van der Waals surface area (Å²) < 4.78 is 1.16. The van der Waals surface area contributed by atoms with Crippen molar-refractivity contribution in [2.24, 2.45) is 5.41 Å². The smallest absolute Gasteiger partial charge is 0.0356 e. The molecule has 0 spiro atoms. The van der Waals surface area contributed by atoms with Crippen molar-refractivity contribution < 1.29 is 0 Å². The Kier molecular flexibility index (Phi) is 3.82. The van der Waals surface area contributed by atoms with Gasteiger partial charge in [-0.1, -0.05) is 36.2 Å². The molecule has 17 heavy (non-hydrogen) atoms. The lowest BCUT2D eigenvalue weighted by Gasteiger charge is -2.36. The molecule has 1 aromatic rings. The average Bonchev–Trinajstić information content (AvgIpc) is 2.13. The van der Waals surface area contributed by atoms with E-state index in [2.05, 4.69) is 60.2 Å². The second-order valence-electron chi connectivity index (χ2n) is 6.12. The van der Waals surface area contributed by atoms with E-state index in [-0.39, 0.29) is 0 Å². The number of benzene rings is 1. The second-order valence-corrected chi connectivity index (χ2v) is 7.03. The zero-order valence-corrected chi connectivity index (χ0v) is 12.6. The maximum absolute atomic E-state index is 3.69. The Morgan fingerprint density at radius 1 is 1.29 bits per heavy atom. The Bertz CT molecular complexity index is 378. The first-order chi connectivity index (χ1) is 7.94. The molecule has 0 bridgehead atoms. The van der Waals surface area contributed by atoms with Crippen molar-refractivity contribution >= 4 is 21.6 Å². The van der Waals surface area contributed by atoms with Crippen LogP contribution >= 0.6 is 15.9 Å². The van der Waals surface area contributed by atoms with Gasteiger partial charge in [-0.05, 0) is 55.4 Å². The molecular weight excluding hydrogens is 274 g/mol. The SMILES string of the molecule is Cc1cc(Br)cc(NC2CCCC(C)(C)C2)c1. The zero-order chi connectivity index (χ0) is 12.5. The monoisotopic (exact) mass is 295 g/mol. The molecule has 0 amide bonds. The minimum absolute atomic E-state index is 0.497. The fourth-order valence-electron chi connectivity index (χ4n) is 2.88. The Balaban J connectivity index is 2.05. The minimum atomic E-state index is 0.497. The Hall–Kier alpha value is -0.500.